The Labute approximate surface area is 190 Å². The summed E-state index contributed by atoms with van der Waals surface area (Å²) in [6.45, 7) is 0. The molecule has 154 valence electrons. The summed E-state index contributed by atoms with van der Waals surface area (Å²) >= 11 is 0. The van der Waals surface area contributed by atoms with Gasteiger partial charge in [0, 0.05) is 45.1 Å². The Morgan fingerprint density at radius 3 is 1.39 bits per heavy atom. The molecule has 0 unspecified atom stereocenters. The van der Waals surface area contributed by atoms with Crippen LogP contribution in [0.15, 0.2) is 116 Å². The van der Waals surface area contributed by atoms with Crippen molar-refractivity contribution in [2.24, 2.45) is 0 Å². The second-order valence-corrected chi connectivity index (χ2v) is 8.31. The van der Waals surface area contributed by atoms with Gasteiger partial charge in [-0.1, -0.05) is 84.9 Å². The average Bonchev–Trinajstić information content (AvgIpc) is 3.22. The molecule has 0 saturated carbocycles. The van der Waals surface area contributed by atoms with Crippen molar-refractivity contribution in [2.45, 2.75) is 0 Å². The van der Waals surface area contributed by atoms with E-state index in [1.54, 1.807) is 6.33 Å². The molecular formula is C30H19N3. The zero-order chi connectivity index (χ0) is 21.8. The number of para-hydroxylation sites is 2. The van der Waals surface area contributed by atoms with Crippen LogP contribution in [0.2, 0.25) is 0 Å². The van der Waals surface area contributed by atoms with E-state index in [0.717, 1.165) is 5.56 Å². The molecule has 0 bridgehead atoms. The Morgan fingerprint density at radius 1 is 0.455 bits per heavy atom. The molecule has 0 spiro atoms. The lowest BCUT2D eigenvalue weighted by Crippen LogP contribution is -1.99. The summed E-state index contributed by atoms with van der Waals surface area (Å²) in [5.41, 5.74) is 5.83. The van der Waals surface area contributed by atoms with E-state index in [0.29, 0.717) is 0 Å². The van der Waals surface area contributed by atoms with Crippen molar-refractivity contribution < 1.29 is 0 Å². The first-order valence-corrected chi connectivity index (χ1v) is 11.1. The number of aromatic nitrogens is 3. The maximum absolute atomic E-state index is 4.31. The maximum atomic E-state index is 4.31. The highest BCUT2D eigenvalue weighted by molar-refractivity contribution is 6.20. The standard InChI is InChI=1S/C30H19N3/c1-3-13-25-23(11-1)29(20-17-31-19-32-18-20)24-12-2-4-14-26(24)30(25)33-27-15-7-5-9-21(27)22-10-6-8-16-28(22)33/h1-19H. The minimum Gasteiger partial charge on any atom is -0.308 e. The number of rotatable bonds is 2. The van der Waals surface area contributed by atoms with E-state index in [2.05, 4.69) is 112 Å². The monoisotopic (exact) mass is 421 g/mol. The molecule has 2 heterocycles. The quantitative estimate of drug-likeness (QED) is 0.270. The predicted molar refractivity (Wildman–Crippen MR) is 137 cm³/mol. The van der Waals surface area contributed by atoms with Crippen LogP contribution in [0.1, 0.15) is 0 Å². The first-order valence-electron chi connectivity index (χ1n) is 11.1. The molecule has 0 atom stereocenters. The number of hydrogen-bond acceptors (Lipinski definition) is 2. The fourth-order valence-electron chi connectivity index (χ4n) is 5.25. The SMILES string of the molecule is c1ccc2c(-n3c4ccccc4c4ccccc43)c3ccccc3c(-c3cncnc3)c2c1. The van der Waals surface area contributed by atoms with Gasteiger partial charge < -0.3 is 4.57 Å². The summed E-state index contributed by atoms with van der Waals surface area (Å²) in [4.78, 5) is 8.63. The van der Waals surface area contributed by atoms with Crippen molar-refractivity contribution in [3.8, 4) is 16.8 Å². The van der Waals surface area contributed by atoms with Crippen LogP contribution in [0.4, 0.5) is 0 Å². The van der Waals surface area contributed by atoms with Gasteiger partial charge in [-0.05, 0) is 22.9 Å². The van der Waals surface area contributed by atoms with Crippen LogP contribution >= 0.6 is 0 Å². The Balaban J connectivity index is 1.75. The minimum atomic E-state index is 1.03. The van der Waals surface area contributed by atoms with Crippen LogP contribution < -0.4 is 0 Å². The van der Waals surface area contributed by atoms with Gasteiger partial charge >= 0.3 is 0 Å². The number of fused-ring (bicyclic) bond motifs is 5. The smallest absolute Gasteiger partial charge is 0.115 e. The molecule has 0 aliphatic heterocycles. The van der Waals surface area contributed by atoms with Gasteiger partial charge in [-0.3, -0.25) is 0 Å². The van der Waals surface area contributed by atoms with Gasteiger partial charge in [0.25, 0.3) is 0 Å². The van der Waals surface area contributed by atoms with E-state index < -0.39 is 0 Å². The van der Waals surface area contributed by atoms with Crippen molar-refractivity contribution in [1.29, 1.82) is 0 Å². The molecule has 7 aromatic rings. The lowest BCUT2D eigenvalue weighted by molar-refractivity contribution is 1.17. The van der Waals surface area contributed by atoms with E-state index in [1.807, 2.05) is 12.4 Å². The van der Waals surface area contributed by atoms with Crippen molar-refractivity contribution >= 4 is 43.4 Å². The van der Waals surface area contributed by atoms with Crippen molar-refractivity contribution in [3.63, 3.8) is 0 Å². The normalized spacial score (nSPS) is 11.6. The molecule has 0 aliphatic carbocycles. The highest BCUT2D eigenvalue weighted by Gasteiger charge is 2.19. The second kappa shape index (κ2) is 7.01. The van der Waals surface area contributed by atoms with Gasteiger partial charge in [0.05, 0.1) is 16.7 Å². The number of benzene rings is 5. The zero-order valence-corrected chi connectivity index (χ0v) is 17.8. The summed E-state index contributed by atoms with van der Waals surface area (Å²) in [7, 11) is 0. The average molecular weight is 422 g/mol. The van der Waals surface area contributed by atoms with Crippen molar-refractivity contribution in [2.75, 3.05) is 0 Å². The van der Waals surface area contributed by atoms with Gasteiger partial charge in [0.2, 0.25) is 0 Å². The molecule has 0 amide bonds. The van der Waals surface area contributed by atoms with Gasteiger partial charge in [0.1, 0.15) is 6.33 Å². The lowest BCUT2D eigenvalue weighted by atomic mass is 9.91. The summed E-state index contributed by atoms with van der Waals surface area (Å²) in [5.74, 6) is 0. The van der Waals surface area contributed by atoms with Crippen LogP contribution in [0.5, 0.6) is 0 Å². The van der Waals surface area contributed by atoms with Gasteiger partial charge in [0.15, 0.2) is 0 Å². The molecule has 0 N–H and O–H groups in total. The molecule has 3 heteroatoms. The maximum Gasteiger partial charge on any atom is 0.115 e. The molecule has 3 nitrogen and oxygen atoms in total. The Hall–Kier alpha value is -4.50. The topological polar surface area (TPSA) is 30.7 Å². The van der Waals surface area contributed by atoms with E-state index in [-0.39, 0.29) is 0 Å². The largest absolute Gasteiger partial charge is 0.308 e. The summed E-state index contributed by atoms with van der Waals surface area (Å²) in [6.07, 6.45) is 5.39. The van der Waals surface area contributed by atoms with Crippen molar-refractivity contribution in [1.82, 2.24) is 14.5 Å². The fourth-order valence-corrected chi connectivity index (χ4v) is 5.25. The second-order valence-electron chi connectivity index (χ2n) is 8.31. The van der Waals surface area contributed by atoms with E-state index in [1.165, 1.54) is 54.6 Å². The summed E-state index contributed by atoms with van der Waals surface area (Å²) in [5, 5.41) is 7.34. The van der Waals surface area contributed by atoms with Gasteiger partial charge in [-0.2, -0.15) is 0 Å². The van der Waals surface area contributed by atoms with Crippen molar-refractivity contribution in [3.05, 3.63) is 116 Å². The Morgan fingerprint density at radius 2 is 0.879 bits per heavy atom. The number of nitrogens with zero attached hydrogens (tertiary/aromatic N) is 3. The van der Waals surface area contributed by atoms with E-state index in [4.69, 9.17) is 0 Å². The molecule has 0 saturated heterocycles. The Bertz CT molecular complexity index is 1700. The third-order valence-corrected chi connectivity index (χ3v) is 6.56. The molecular weight excluding hydrogens is 402 g/mol. The highest BCUT2D eigenvalue weighted by atomic mass is 15.0. The fraction of sp³-hybridized carbons (Fsp3) is 0. The molecule has 0 radical (unpaired) electrons. The van der Waals surface area contributed by atoms with Gasteiger partial charge in [-0.15, -0.1) is 0 Å². The molecule has 7 rings (SSSR count). The molecule has 33 heavy (non-hydrogen) atoms. The first kappa shape index (κ1) is 18.1. The first-order chi connectivity index (χ1) is 16.4. The molecule has 5 aromatic carbocycles. The highest BCUT2D eigenvalue weighted by Crippen LogP contribution is 2.43. The zero-order valence-electron chi connectivity index (χ0n) is 17.8. The molecule has 0 aliphatic rings. The lowest BCUT2D eigenvalue weighted by Gasteiger charge is -2.19. The van der Waals surface area contributed by atoms with Crippen LogP contribution in [-0.4, -0.2) is 14.5 Å². The van der Waals surface area contributed by atoms with Crippen LogP contribution in [0.25, 0.3) is 60.2 Å². The summed E-state index contributed by atoms with van der Waals surface area (Å²) in [6, 6.07) is 34.7. The third-order valence-electron chi connectivity index (χ3n) is 6.56. The van der Waals surface area contributed by atoms with E-state index in [9.17, 15) is 0 Å². The van der Waals surface area contributed by atoms with Crippen LogP contribution in [0, 0.1) is 0 Å². The van der Waals surface area contributed by atoms with Crippen LogP contribution in [0.3, 0.4) is 0 Å². The number of hydrogen-bond donors (Lipinski definition) is 0. The van der Waals surface area contributed by atoms with E-state index >= 15 is 0 Å². The Kier molecular flexibility index (Phi) is 3.84. The molecule has 0 fully saturated rings. The van der Waals surface area contributed by atoms with Crippen LogP contribution in [-0.2, 0) is 0 Å². The molecule has 2 aromatic heterocycles. The third kappa shape index (κ3) is 2.56. The predicted octanol–water partition coefficient (Wildman–Crippen LogP) is 7.55. The minimum absolute atomic E-state index is 1.03. The van der Waals surface area contributed by atoms with Gasteiger partial charge in [-0.25, -0.2) is 9.97 Å². The summed E-state index contributed by atoms with van der Waals surface area (Å²) < 4.78 is 2.43.